The van der Waals surface area contributed by atoms with Gasteiger partial charge in [0, 0.05) is 32.3 Å². The molecule has 2 aliphatic rings. The van der Waals surface area contributed by atoms with Gasteiger partial charge >= 0.3 is 0 Å². The Balaban J connectivity index is 1.67. The number of carbonyl (C=O) groups excluding carboxylic acids is 2. The lowest BCUT2D eigenvalue weighted by molar-refractivity contribution is -0.139. The summed E-state index contributed by atoms with van der Waals surface area (Å²) in [5.74, 6) is 0.204. The molecule has 2 heterocycles. The minimum Gasteiger partial charge on any atom is -0.372 e. The van der Waals surface area contributed by atoms with Crippen molar-refractivity contribution in [1.29, 1.82) is 0 Å². The smallest absolute Gasteiger partial charge is 0.248 e. The van der Waals surface area contributed by atoms with Crippen LogP contribution in [0.2, 0.25) is 0 Å². The average molecular weight is 330 g/mol. The van der Waals surface area contributed by atoms with E-state index < -0.39 is 0 Å². The summed E-state index contributed by atoms with van der Waals surface area (Å²) < 4.78 is 5.22. The molecule has 1 aromatic rings. The van der Waals surface area contributed by atoms with Gasteiger partial charge in [-0.2, -0.15) is 0 Å². The second-order valence-corrected chi connectivity index (χ2v) is 6.81. The minimum absolute atomic E-state index is 0.0538. The normalized spacial score (nSPS) is 23.1. The van der Waals surface area contributed by atoms with Gasteiger partial charge < -0.3 is 14.5 Å². The van der Waals surface area contributed by atoms with Crippen LogP contribution < -0.4 is 0 Å². The van der Waals surface area contributed by atoms with Crippen molar-refractivity contribution in [3.63, 3.8) is 0 Å². The number of likely N-dealkylation sites (tertiary alicyclic amines) is 2. The van der Waals surface area contributed by atoms with E-state index in [-0.39, 0.29) is 29.9 Å². The van der Waals surface area contributed by atoms with Crippen LogP contribution in [0.15, 0.2) is 30.3 Å². The highest BCUT2D eigenvalue weighted by atomic mass is 16.5. The third-order valence-corrected chi connectivity index (χ3v) is 5.60. The van der Waals surface area contributed by atoms with E-state index >= 15 is 0 Å². The molecule has 5 heteroatoms. The van der Waals surface area contributed by atoms with Gasteiger partial charge in [-0.25, -0.2) is 0 Å². The van der Waals surface area contributed by atoms with E-state index in [2.05, 4.69) is 0 Å². The number of hydrogen-bond donors (Lipinski definition) is 0. The molecule has 0 aliphatic carbocycles. The molecule has 2 amide bonds. The van der Waals surface area contributed by atoms with Gasteiger partial charge in [-0.1, -0.05) is 30.3 Å². The summed E-state index contributed by atoms with van der Waals surface area (Å²) in [5, 5.41) is 0. The number of piperidine rings is 1. The molecule has 0 aromatic heterocycles. The quantitative estimate of drug-likeness (QED) is 0.849. The lowest BCUT2D eigenvalue weighted by Gasteiger charge is -2.43. The summed E-state index contributed by atoms with van der Waals surface area (Å²) >= 11 is 0. The van der Waals surface area contributed by atoms with Crippen molar-refractivity contribution in [2.45, 2.75) is 37.6 Å². The maximum Gasteiger partial charge on any atom is 0.248 e. The van der Waals surface area contributed by atoms with Gasteiger partial charge in [0.25, 0.3) is 0 Å². The third-order valence-electron chi connectivity index (χ3n) is 5.60. The Hall–Kier alpha value is -1.88. The first kappa shape index (κ1) is 17.0. The molecule has 0 radical (unpaired) electrons. The lowest BCUT2D eigenvalue weighted by atomic mass is 9.81. The Kier molecular flexibility index (Phi) is 4.90. The lowest BCUT2D eigenvalue weighted by Crippen LogP contribution is -2.53. The SMILES string of the molecule is CCOCC(=O)N1CCC2(CC1)CC(c1ccccc1)C(=O)N2C. The van der Waals surface area contributed by atoms with Gasteiger partial charge in [-0.15, -0.1) is 0 Å². The van der Waals surface area contributed by atoms with Crippen molar-refractivity contribution >= 4 is 11.8 Å². The predicted octanol–water partition coefficient (Wildman–Crippen LogP) is 2.03. The molecular formula is C19H26N2O3. The fourth-order valence-corrected chi connectivity index (χ4v) is 4.01. The zero-order chi connectivity index (χ0) is 17.2. The highest BCUT2D eigenvalue weighted by Gasteiger charge is 2.50. The Bertz CT molecular complexity index is 594. The fourth-order valence-electron chi connectivity index (χ4n) is 4.01. The Labute approximate surface area is 143 Å². The average Bonchev–Trinajstić information content (AvgIpc) is 2.86. The number of benzene rings is 1. The molecular weight excluding hydrogens is 304 g/mol. The summed E-state index contributed by atoms with van der Waals surface area (Å²) in [4.78, 5) is 28.7. The maximum absolute atomic E-state index is 12.8. The van der Waals surface area contributed by atoms with Crippen LogP contribution in [-0.2, 0) is 14.3 Å². The van der Waals surface area contributed by atoms with Crippen molar-refractivity contribution in [2.75, 3.05) is 33.4 Å². The van der Waals surface area contributed by atoms with Crippen LogP contribution in [0.3, 0.4) is 0 Å². The molecule has 0 bridgehead atoms. The molecule has 24 heavy (non-hydrogen) atoms. The molecule has 0 saturated carbocycles. The summed E-state index contributed by atoms with van der Waals surface area (Å²) in [5.41, 5.74) is 0.987. The second-order valence-electron chi connectivity index (χ2n) is 6.81. The molecule has 2 saturated heterocycles. The molecule has 1 unspecified atom stereocenters. The van der Waals surface area contributed by atoms with Crippen molar-refractivity contribution in [3.8, 4) is 0 Å². The fraction of sp³-hybridized carbons (Fsp3) is 0.579. The first-order valence-corrected chi connectivity index (χ1v) is 8.75. The standard InChI is InChI=1S/C19H26N2O3/c1-3-24-14-17(22)21-11-9-19(10-12-21)13-16(18(23)20(19)2)15-7-5-4-6-8-15/h4-8,16H,3,9-14H2,1-2H3. The monoisotopic (exact) mass is 330 g/mol. The molecule has 3 rings (SSSR count). The number of amides is 2. The van der Waals surface area contributed by atoms with Crippen molar-refractivity contribution in [2.24, 2.45) is 0 Å². The van der Waals surface area contributed by atoms with Gasteiger partial charge in [-0.3, -0.25) is 9.59 Å². The Morgan fingerprint density at radius 3 is 2.54 bits per heavy atom. The highest BCUT2D eigenvalue weighted by molar-refractivity contribution is 5.87. The summed E-state index contributed by atoms with van der Waals surface area (Å²) in [6.45, 7) is 4.00. The molecule has 5 nitrogen and oxygen atoms in total. The zero-order valence-corrected chi connectivity index (χ0v) is 14.5. The largest absolute Gasteiger partial charge is 0.372 e. The van der Waals surface area contributed by atoms with Gasteiger partial charge in [0.15, 0.2) is 0 Å². The summed E-state index contributed by atoms with van der Waals surface area (Å²) in [6.07, 6.45) is 2.53. The van der Waals surface area contributed by atoms with Gasteiger partial charge in [0.2, 0.25) is 11.8 Å². The number of likely N-dealkylation sites (N-methyl/N-ethyl adjacent to an activating group) is 1. The first-order chi connectivity index (χ1) is 11.6. The van der Waals surface area contributed by atoms with E-state index in [0.717, 1.165) is 24.8 Å². The van der Waals surface area contributed by atoms with Crippen molar-refractivity contribution < 1.29 is 14.3 Å². The van der Waals surface area contributed by atoms with E-state index in [9.17, 15) is 9.59 Å². The molecule has 2 aliphatic heterocycles. The number of hydrogen-bond acceptors (Lipinski definition) is 3. The molecule has 1 aromatic carbocycles. The predicted molar refractivity (Wildman–Crippen MR) is 91.6 cm³/mol. The van der Waals surface area contributed by atoms with Gasteiger partial charge in [-0.05, 0) is 31.7 Å². The van der Waals surface area contributed by atoms with Crippen LogP contribution >= 0.6 is 0 Å². The topological polar surface area (TPSA) is 49.9 Å². The first-order valence-electron chi connectivity index (χ1n) is 8.75. The van der Waals surface area contributed by atoms with Crippen LogP contribution in [0.1, 0.15) is 37.7 Å². The number of ether oxygens (including phenoxy) is 1. The molecule has 130 valence electrons. The molecule has 1 spiro atoms. The van der Waals surface area contributed by atoms with Crippen molar-refractivity contribution in [1.82, 2.24) is 9.80 Å². The van der Waals surface area contributed by atoms with Crippen LogP contribution in [0.4, 0.5) is 0 Å². The van der Waals surface area contributed by atoms with Gasteiger partial charge in [0.05, 0.1) is 5.92 Å². The third kappa shape index (κ3) is 3.05. The number of carbonyl (C=O) groups is 2. The summed E-state index contributed by atoms with van der Waals surface area (Å²) in [6, 6.07) is 10.0. The van der Waals surface area contributed by atoms with Crippen LogP contribution in [0, 0.1) is 0 Å². The van der Waals surface area contributed by atoms with Crippen LogP contribution in [-0.4, -0.2) is 60.5 Å². The zero-order valence-electron chi connectivity index (χ0n) is 14.5. The van der Waals surface area contributed by atoms with E-state index in [1.807, 2.05) is 54.1 Å². The Morgan fingerprint density at radius 1 is 1.25 bits per heavy atom. The van der Waals surface area contributed by atoms with E-state index in [1.54, 1.807) is 0 Å². The molecule has 1 atom stereocenters. The van der Waals surface area contributed by atoms with E-state index in [1.165, 1.54) is 0 Å². The summed E-state index contributed by atoms with van der Waals surface area (Å²) in [7, 11) is 1.92. The van der Waals surface area contributed by atoms with E-state index in [4.69, 9.17) is 4.74 Å². The van der Waals surface area contributed by atoms with Crippen LogP contribution in [0.5, 0.6) is 0 Å². The highest BCUT2D eigenvalue weighted by Crippen LogP contribution is 2.44. The Morgan fingerprint density at radius 2 is 1.92 bits per heavy atom. The molecule has 2 fully saturated rings. The maximum atomic E-state index is 12.8. The molecule has 0 N–H and O–H groups in total. The minimum atomic E-state index is -0.111. The van der Waals surface area contributed by atoms with Crippen molar-refractivity contribution in [3.05, 3.63) is 35.9 Å². The van der Waals surface area contributed by atoms with Crippen LogP contribution in [0.25, 0.3) is 0 Å². The number of nitrogens with zero attached hydrogens (tertiary/aromatic N) is 2. The van der Waals surface area contributed by atoms with E-state index in [0.29, 0.717) is 19.7 Å². The van der Waals surface area contributed by atoms with Gasteiger partial charge in [0.1, 0.15) is 6.61 Å². The number of rotatable bonds is 4. The second kappa shape index (κ2) is 6.93.